The molecule has 1 amide bonds. The molecule has 0 rings (SSSR count). The molecule has 0 radical (unpaired) electrons. The summed E-state index contributed by atoms with van der Waals surface area (Å²) in [5.74, 6) is -0.189. The minimum atomic E-state index is -4.33. The highest BCUT2D eigenvalue weighted by atomic mass is 31.2. The van der Waals surface area contributed by atoms with E-state index in [0.717, 1.165) is 51.4 Å². The molecule has 0 saturated heterocycles. The van der Waals surface area contributed by atoms with Crippen LogP contribution in [0.4, 0.5) is 0 Å². The molecule has 9 heteroatoms. The smallest absolute Gasteiger partial charge is 0.387 e. The molecule has 3 N–H and O–H groups in total. The van der Waals surface area contributed by atoms with Crippen LogP contribution >= 0.6 is 7.82 Å². The second-order valence-electron chi connectivity index (χ2n) is 14.7. The van der Waals surface area contributed by atoms with Gasteiger partial charge in [-0.25, -0.2) is 4.57 Å². The first-order chi connectivity index (χ1) is 23.0. The van der Waals surface area contributed by atoms with Gasteiger partial charge >= 0.3 is 7.82 Å². The number of phosphoric ester groups is 1. The fourth-order valence-electron chi connectivity index (χ4n) is 5.45. The first kappa shape index (κ1) is 47.0. The highest BCUT2D eigenvalue weighted by molar-refractivity contribution is 7.47. The number of unbranched alkanes of at least 4 members (excludes halogenated alkanes) is 20. The molecular formula is C39H78N2O6P+. The van der Waals surface area contributed by atoms with Gasteiger partial charge in [0.05, 0.1) is 39.9 Å². The van der Waals surface area contributed by atoms with E-state index in [-0.39, 0.29) is 19.1 Å². The summed E-state index contributed by atoms with van der Waals surface area (Å²) in [4.78, 5) is 23.0. The molecule has 0 fully saturated rings. The summed E-state index contributed by atoms with van der Waals surface area (Å²) in [5, 5.41) is 13.7. The van der Waals surface area contributed by atoms with Crippen LogP contribution < -0.4 is 5.32 Å². The van der Waals surface area contributed by atoms with Gasteiger partial charge in [-0.15, -0.1) is 0 Å². The number of aliphatic hydroxyl groups is 1. The normalized spacial score (nSPS) is 14.9. The Morgan fingerprint density at radius 3 is 1.60 bits per heavy atom. The summed E-state index contributed by atoms with van der Waals surface area (Å²) in [6, 6.07) is -0.845. The minimum absolute atomic E-state index is 0.0605. The van der Waals surface area contributed by atoms with Crippen molar-refractivity contribution in [1.82, 2.24) is 5.32 Å². The number of nitrogens with zero attached hydrogens (tertiary/aromatic N) is 1. The van der Waals surface area contributed by atoms with Gasteiger partial charge in [-0.2, -0.15) is 0 Å². The molecule has 48 heavy (non-hydrogen) atoms. The molecule has 0 aromatic heterocycles. The summed E-state index contributed by atoms with van der Waals surface area (Å²) in [5.41, 5.74) is 0. The van der Waals surface area contributed by atoms with E-state index < -0.39 is 20.0 Å². The number of phosphoric acid groups is 1. The van der Waals surface area contributed by atoms with Crippen molar-refractivity contribution in [2.24, 2.45) is 0 Å². The molecule has 0 spiro atoms. The fourth-order valence-corrected chi connectivity index (χ4v) is 6.18. The molecule has 284 valence electrons. The predicted molar refractivity (Wildman–Crippen MR) is 203 cm³/mol. The van der Waals surface area contributed by atoms with Crippen LogP contribution in [0.15, 0.2) is 24.3 Å². The zero-order valence-electron chi connectivity index (χ0n) is 32.0. The van der Waals surface area contributed by atoms with Gasteiger partial charge in [0.15, 0.2) is 0 Å². The number of carbonyl (C=O) groups excluding carboxylic acids is 1. The van der Waals surface area contributed by atoms with Gasteiger partial charge in [0.25, 0.3) is 0 Å². The number of likely N-dealkylation sites (N-methyl/N-ethyl adjacent to an activating group) is 1. The number of nitrogens with one attached hydrogen (secondary N) is 1. The molecule has 3 atom stereocenters. The standard InChI is InChI=1S/C39H77N2O6P/c1-6-8-10-12-14-16-18-19-20-21-23-25-27-29-31-33-39(43)40-37(36-47-48(44,45)46-35-34-41(3,4)5)38(42)32-30-28-26-24-22-17-15-13-11-9-7-2/h19-20,30,32,37-38,42H,6-18,21-29,31,33-36H2,1-5H3,(H-,40,43,44,45)/p+1/b20-19-,32-30+. The maximum absolute atomic E-state index is 12.8. The van der Waals surface area contributed by atoms with Crippen molar-refractivity contribution >= 4 is 13.7 Å². The lowest BCUT2D eigenvalue weighted by molar-refractivity contribution is -0.870. The van der Waals surface area contributed by atoms with Crippen LogP contribution in [-0.2, 0) is 18.4 Å². The van der Waals surface area contributed by atoms with Crippen molar-refractivity contribution in [1.29, 1.82) is 0 Å². The largest absolute Gasteiger partial charge is 0.472 e. The summed E-state index contributed by atoms with van der Waals surface area (Å²) in [7, 11) is 1.56. The molecular weight excluding hydrogens is 623 g/mol. The molecule has 3 unspecified atom stereocenters. The van der Waals surface area contributed by atoms with E-state index in [4.69, 9.17) is 9.05 Å². The van der Waals surface area contributed by atoms with Crippen LogP contribution in [0.5, 0.6) is 0 Å². The Kier molecular flexibility index (Phi) is 31.2. The minimum Gasteiger partial charge on any atom is -0.387 e. The number of amides is 1. The molecule has 0 aliphatic rings. The second kappa shape index (κ2) is 31.9. The van der Waals surface area contributed by atoms with Gasteiger partial charge in [-0.05, 0) is 44.9 Å². The Morgan fingerprint density at radius 2 is 1.12 bits per heavy atom. The molecule has 0 aromatic carbocycles. The van der Waals surface area contributed by atoms with Crippen molar-refractivity contribution in [3.8, 4) is 0 Å². The van der Waals surface area contributed by atoms with E-state index in [2.05, 4.69) is 31.3 Å². The average Bonchev–Trinajstić information content (AvgIpc) is 3.02. The van der Waals surface area contributed by atoms with E-state index in [1.165, 1.54) is 96.3 Å². The van der Waals surface area contributed by atoms with Crippen molar-refractivity contribution in [2.45, 2.75) is 180 Å². The molecule has 0 aliphatic carbocycles. The second-order valence-corrected chi connectivity index (χ2v) is 16.1. The maximum Gasteiger partial charge on any atom is 0.472 e. The first-order valence-electron chi connectivity index (χ1n) is 19.7. The summed E-state index contributed by atoms with van der Waals surface area (Å²) in [6.07, 6.45) is 35.2. The highest BCUT2D eigenvalue weighted by Gasteiger charge is 2.27. The third kappa shape index (κ3) is 33.5. The van der Waals surface area contributed by atoms with E-state index in [1.54, 1.807) is 6.08 Å². The monoisotopic (exact) mass is 702 g/mol. The first-order valence-corrected chi connectivity index (χ1v) is 21.2. The van der Waals surface area contributed by atoms with Gasteiger partial charge in [0.1, 0.15) is 13.2 Å². The Hall–Kier alpha value is -1.02. The van der Waals surface area contributed by atoms with Crippen molar-refractivity contribution in [2.75, 3.05) is 40.9 Å². The lowest BCUT2D eigenvalue weighted by Crippen LogP contribution is -2.45. The topological polar surface area (TPSA) is 105 Å². The van der Waals surface area contributed by atoms with Crippen LogP contribution in [0.3, 0.4) is 0 Å². The fraction of sp³-hybridized carbons (Fsp3) is 0.872. The number of rotatable bonds is 35. The lowest BCUT2D eigenvalue weighted by Gasteiger charge is -2.25. The average molecular weight is 702 g/mol. The highest BCUT2D eigenvalue weighted by Crippen LogP contribution is 2.43. The van der Waals surface area contributed by atoms with E-state index >= 15 is 0 Å². The maximum atomic E-state index is 12.8. The van der Waals surface area contributed by atoms with Crippen LogP contribution in [0.25, 0.3) is 0 Å². The van der Waals surface area contributed by atoms with Crippen LogP contribution in [0.1, 0.15) is 168 Å². The van der Waals surface area contributed by atoms with Crippen LogP contribution in [0.2, 0.25) is 0 Å². The molecule has 0 bridgehead atoms. The van der Waals surface area contributed by atoms with Crippen LogP contribution in [0, 0.1) is 0 Å². The van der Waals surface area contributed by atoms with Gasteiger partial charge in [-0.1, -0.05) is 141 Å². The number of hydrogen-bond donors (Lipinski definition) is 3. The van der Waals surface area contributed by atoms with Crippen molar-refractivity contribution in [3.05, 3.63) is 24.3 Å². The Morgan fingerprint density at radius 1 is 0.688 bits per heavy atom. The zero-order valence-corrected chi connectivity index (χ0v) is 32.9. The Bertz CT molecular complexity index is 845. The van der Waals surface area contributed by atoms with Crippen molar-refractivity contribution in [3.63, 3.8) is 0 Å². The SMILES string of the molecule is CCCCCCCC/C=C\CCCCCCCC(=O)NC(COP(=O)(O)OCC[N+](C)(C)C)C(O)/C=C/CCCCCCCCCCC. The third-order valence-electron chi connectivity index (χ3n) is 8.67. The molecule has 0 aliphatic heterocycles. The summed E-state index contributed by atoms with van der Waals surface area (Å²) in [6.45, 7) is 4.77. The summed E-state index contributed by atoms with van der Waals surface area (Å²) < 4.78 is 23.4. The molecule has 8 nitrogen and oxygen atoms in total. The molecule has 0 saturated carbocycles. The summed E-state index contributed by atoms with van der Waals surface area (Å²) >= 11 is 0. The van der Waals surface area contributed by atoms with Crippen LogP contribution in [-0.4, -0.2) is 73.4 Å². The predicted octanol–water partition coefficient (Wildman–Crippen LogP) is 10.2. The van der Waals surface area contributed by atoms with E-state index in [0.29, 0.717) is 17.4 Å². The Balaban J connectivity index is 4.51. The number of hydrogen-bond acceptors (Lipinski definition) is 5. The zero-order chi connectivity index (χ0) is 35.8. The number of allylic oxidation sites excluding steroid dienone is 3. The molecule has 0 heterocycles. The lowest BCUT2D eigenvalue weighted by atomic mass is 10.1. The Labute approximate surface area is 296 Å². The van der Waals surface area contributed by atoms with Gasteiger partial charge in [0.2, 0.25) is 5.91 Å². The van der Waals surface area contributed by atoms with Crippen molar-refractivity contribution < 1.29 is 32.9 Å². The number of carbonyl (C=O) groups is 1. The van der Waals surface area contributed by atoms with E-state index in [9.17, 15) is 19.4 Å². The van der Waals surface area contributed by atoms with Gasteiger partial charge < -0.3 is 19.8 Å². The van der Waals surface area contributed by atoms with E-state index in [1.807, 2.05) is 27.2 Å². The number of quaternary nitrogens is 1. The number of aliphatic hydroxyl groups excluding tert-OH is 1. The molecule has 0 aromatic rings. The quantitative estimate of drug-likeness (QED) is 0.0263. The van der Waals surface area contributed by atoms with Gasteiger partial charge in [0, 0.05) is 6.42 Å². The third-order valence-corrected chi connectivity index (χ3v) is 9.65. The van der Waals surface area contributed by atoms with Gasteiger partial charge in [-0.3, -0.25) is 13.8 Å².